The van der Waals surface area contributed by atoms with Gasteiger partial charge in [-0.05, 0) is 42.5 Å². The van der Waals surface area contributed by atoms with Crippen molar-refractivity contribution in [3.63, 3.8) is 0 Å². The summed E-state index contributed by atoms with van der Waals surface area (Å²) < 4.78 is 5.70. The summed E-state index contributed by atoms with van der Waals surface area (Å²) in [5.41, 5.74) is 1.67. The number of nitrogens with one attached hydrogen (secondary N) is 1. The number of nitro groups is 1. The Kier molecular flexibility index (Phi) is 5.14. The normalized spacial score (nSPS) is 10.6. The molecule has 0 radical (unpaired) electrons. The molecule has 1 N–H and O–H groups in total. The van der Waals surface area contributed by atoms with Crippen LogP contribution in [0.25, 0.3) is 22.4 Å². The van der Waals surface area contributed by atoms with Crippen molar-refractivity contribution in [2.24, 2.45) is 0 Å². The first-order valence-corrected chi connectivity index (χ1v) is 9.09. The number of non-ortho nitro benzene ring substituents is 1. The van der Waals surface area contributed by atoms with Crippen LogP contribution >= 0.6 is 11.8 Å². The van der Waals surface area contributed by atoms with Crippen LogP contribution in [0.5, 0.6) is 0 Å². The largest absolute Gasteiger partial charge is 0.455 e. The number of thioether (sulfide) groups is 1. The summed E-state index contributed by atoms with van der Waals surface area (Å²) in [5.74, 6) is 1.46. The number of benzene rings is 1. The lowest BCUT2D eigenvalue weighted by atomic mass is 10.0. The molecule has 0 aliphatic carbocycles. The minimum Gasteiger partial charge on any atom is -0.455 e. The Balaban J connectivity index is 2.19. The number of nitro benzene ring substituents is 1. The van der Waals surface area contributed by atoms with Crippen LogP contribution in [0.2, 0.25) is 0 Å². The van der Waals surface area contributed by atoms with Gasteiger partial charge in [-0.2, -0.15) is 5.26 Å². The monoisotopic (exact) mass is 381 g/mol. The highest BCUT2D eigenvalue weighted by atomic mass is 32.2. The number of rotatable bonds is 5. The summed E-state index contributed by atoms with van der Waals surface area (Å²) in [5, 5.41) is 20.9. The Morgan fingerprint density at radius 3 is 2.56 bits per heavy atom. The van der Waals surface area contributed by atoms with Gasteiger partial charge in [-0.25, -0.2) is 0 Å². The Labute approximate surface area is 158 Å². The van der Waals surface area contributed by atoms with E-state index in [1.54, 1.807) is 31.2 Å². The third-order valence-electron chi connectivity index (χ3n) is 3.92. The number of aryl methyl sites for hydroxylation is 1. The molecule has 0 saturated carbocycles. The number of H-pyrrole nitrogens is 1. The predicted molar refractivity (Wildman–Crippen MR) is 103 cm³/mol. The molecule has 3 aromatic rings. The van der Waals surface area contributed by atoms with Crippen molar-refractivity contribution in [2.75, 3.05) is 5.75 Å². The maximum Gasteiger partial charge on any atom is 0.269 e. The van der Waals surface area contributed by atoms with Crippen molar-refractivity contribution >= 4 is 17.4 Å². The Bertz CT molecular complexity index is 1110. The number of pyridine rings is 1. The second-order valence-corrected chi connectivity index (χ2v) is 6.94. The first-order valence-electron chi connectivity index (χ1n) is 8.10. The van der Waals surface area contributed by atoms with Crippen LogP contribution in [0.4, 0.5) is 5.69 Å². The molecule has 0 aliphatic rings. The molecule has 7 nitrogen and oxygen atoms in total. The molecule has 0 fully saturated rings. The Morgan fingerprint density at radius 2 is 1.96 bits per heavy atom. The van der Waals surface area contributed by atoms with Crippen LogP contribution < -0.4 is 5.56 Å². The van der Waals surface area contributed by atoms with Gasteiger partial charge in [0, 0.05) is 29.0 Å². The van der Waals surface area contributed by atoms with Gasteiger partial charge in [0.1, 0.15) is 17.4 Å². The van der Waals surface area contributed by atoms with E-state index in [0.29, 0.717) is 33.2 Å². The smallest absolute Gasteiger partial charge is 0.269 e. The molecule has 0 unspecified atom stereocenters. The lowest BCUT2D eigenvalue weighted by Gasteiger charge is -2.08. The average molecular weight is 381 g/mol. The lowest BCUT2D eigenvalue weighted by Crippen LogP contribution is -2.12. The van der Waals surface area contributed by atoms with E-state index in [-0.39, 0.29) is 11.3 Å². The topological polar surface area (TPSA) is 113 Å². The first-order chi connectivity index (χ1) is 12.9. The maximum atomic E-state index is 12.5. The average Bonchev–Trinajstić information content (AvgIpc) is 3.01. The van der Waals surface area contributed by atoms with Gasteiger partial charge >= 0.3 is 0 Å². The van der Waals surface area contributed by atoms with E-state index in [0.717, 1.165) is 5.75 Å². The van der Waals surface area contributed by atoms with Crippen molar-refractivity contribution in [1.29, 1.82) is 5.26 Å². The van der Waals surface area contributed by atoms with Crippen LogP contribution in [0.3, 0.4) is 0 Å². The van der Waals surface area contributed by atoms with Crippen LogP contribution in [-0.2, 0) is 0 Å². The van der Waals surface area contributed by atoms with Gasteiger partial charge in [-0.15, -0.1) is 0 Å². The molecule has 136 valence electrons. The zero-order valence-electron chi connectivity index (χ0n) is 14.6. The maximum absolute atomic E-state index is 12.5. The quantitative estimate of drug-likeness (QED) is 0.395. The summed E-state index contributed by atoms with van der Waals surface area (Å²) in [7, 11) is 0. The van der Waals surface area contributed by atoms with E-state index in [9.17, 15) is 20.2 Å². The highest BCUT2D eigenvalue weighted by Crippen LogP contribution is 2.36. The lowest BCUT2D eigenvalue weighted by molar-refractivity contribution is -0.384. The minimum atomic E-state index is -0.519. The van der Waals surface area contributed by atoms with E-state index < -0.39 is 10.5 Å². The zero-order valence-corrected chi connectivity index (χ0v) is 15.4. The van der Waals surface area contributed by atoms with Crippen molar-refractivity contribution in [3.8, 4) is 28.5 Å². The van der Waals surface area contributed by atoms with Crippen molar-refractivity contribution in [1.82, 2.24) is 4.98 Å². The van der Waals surface area contributed by atoms with Gasteiger partial charge < -0.3 is 9.40 Å². The fourth-order valence-corrected chi connectivity index (χ4v) is 3.50. The number of hydrogen-bond acceptors (Lipinski definition) is 6. The van der Waals surface area contributed by atoms with Gasteiger partial charge in [0.15, 0.2) is 5.09 Å². The SMILES string of the molecule is CCSc1oc(C)cc1-c1cc(-c2ccc([N+](=O)[O-])cc2)[nH]c(=O)c1C#N. The van der Waals surface area contributed by atoms with Crippen LogP contribution in [0.1, 0.15) is 18.2 Å². The van der Waals surface area contributed by atoms with Gasteiger partial charge in [-0.1, -0.05) is 18.7 Å². The molecule has 0 amide bonds. The molecule has 3 rings (SSSR count). The van der Waals surface area contributed by atoms with Crippen molar-refractivity contribution < 1.29 is 9.34 Å². The number of nitrogens with zero attached hydrogens (tertiary/aromatic N) is 2. The Morgan fingerprint density at radius 1 is 1.26 bits per heavy atom. The molecule has 0 spiro atoms. The molecule has 2 heterocycles. The molecular formula is C19H15N3O4S. The summed E-state index contributed by atoms with van der Waals surface area (Å²) in [6.45, 7) is 3.79. The standard InChI is InChI=1S/C19H15N3O4S/c1-3-27-19-15(8-11(2)26-19)14-9-17(21-18(23)16(14)10-20)12-4-6-13(7-5-12)22(24)25/h4-9H,3H2,1-2H3,(H,21,23). The van der Waals surface area contributed by atoms with E-state index in [4.69, 9.17) is 4.42 Å². The van der Waals surface area contributed by atoms with Gasteiger partial charge in [-0.3, -0.25) is 14.9 Å². The third kappa shape index (κ3) is 3.64. The molecular weight excluding hydrogens is 366 g/mol. The third-order valence-corrected chi connectivity index (χ3v) is 4.78. The number of nitriles is 1. The molecule has 2 aromatic heterocycles. The number of aromatic nitrogens is 1. The number of furan rings is 1. The van der Waals surface area contributed by atoms with Crippen LogP contribution in [0.15, 0.2) is 50.7 Å². The van der Waals surface area contributed by atoms with E-state index >= 15 is 0 Å². The molecule has 0 aliphatic heterocycles. The van der Waals surface area contributed by atoms with Crippen molar-refractivity contribution in [3.05, 3.63) is 68.2 Å². The number of aromatic amines is 1. The number of hydrogen-bond donors (Lipinski definition) is 1. The molecule has 8 heteroatoms. The van der Waals surface area contributed by atoms with E-state index in [1.807, 2.05) is 13.0 Å². The molecule has 27 heavy (non-hydrogen) atoms. The molecule has 1 aromatic carbocycles. The zero-order chi connectivity index (χ0) is 19.6. The highest BCUT2D eigenvalue weighted by Gasteiger charge is 2.19. The molecule has 0 saturated heterocycles. The van der Waals surface area contributed by atoms with Crippen molar-refractivity contribution in [2.45, 2.75) is 18.9 Å². The van der Waals surface area contributed by atoms with E-state index in [1.165, 1.54) is 23.9 Å². The van der Waals surface area contributed by atoms with Gasteiger partial charge in [0.2, 0.25) is 0 Å². The summed E-state index contributed by atoms with van der Waals surface area (Å²) in [4.78, 5) is 25.5. The fourth-order valence-electron chi connectivity index (χ4n) is 2.72. The summed E-state index contributed by atoms with van der Waals surface area (Å²) in [6, 6.07) is 11.3. The van der Waals surface area contributed by atoms with Crippen LogP contribution in [-0.4, -0.2) is 15.7 Å². The molecule has 0 bridgehead atoms. The highest BCUT2D eigenvalue weighted by molar-refractivity contribution is 7.99. The van der Waals surface area contributed by atoms with E-state index in [2.05, 4.69) is 4.98 Å². The Hall–Kier alpha value is -3.31. The van der Waals surface area contributed by atoms with Gasteiger partial charge in [0.25, 0.3) is 11.2 Å². The van der Waals surface area contributed by atoms with Gasteiger partial charge in [0.05, 0.1) is 4.92 Å². The predicted octanol–water partition coefficient (Wildman–Crippen LogP) is 4.50. The summed E-state index contributed by atoms with van der Waals surface area (Å²) >= 11 is 1.49. The van der Waals surface area contributed by atoms with Crippen LogP contribution in [0, 0.1) is 28.4 Å². The second-order valence-electron chi connectivity index (χ2n) is 5.71. The minimum absolute atomic E-state index is 0.000542. The fraction of sp³-hybridized carbons (Fsp3) is 0.158. The second kappa shape index (κ2) is 7.51. The first kappa shape index (κ1) is 18.5. The molecule has 0 atom stereocenters. The summed E-state index contributed by atoms with van der Waals surface area (Å²) in [6.07, 6.45) is 0.